The van der Waals surface area contributed by atoms with E-state index < -0.39 is 15.6 Å². The van der Waals surface area contributed by atoms with Gasteiger partial charge >= 0.3 is 6.09 Å². The number of carbonyl (C=O) groups is 1. The van der Waals surface area contributed by atoms with E-state index in [4.69, 9.17) is 4.74 Å². The van der Waals surface area contributed by atoms with Gasteiger partial charge < -0.3 is 14.5 Å². The van der Waals surface area contributed by atoms with Crippen molar-refractivity contribution in [3.63, 3.8) is 0 Å². The SMILES string of the molecule is CC(C)(C)OC(=O)N1CCN(c2c(-c3ccccc3)cnc3c2ccn3S(=O)(=O)c2ccccc2)CC1. The third-order valence-corrected chi connectivity index (χ3v) is 7.97. The number of hydrogen-bond acceptors (Lipinski definition) is 6. The number of nitrogens with zero attached hydrogens (tertiary/aromatic N) is 4. The number of hydrogen-bond donors (Lipinski definition) is 0. The average molecular weight is 519 g/mol. The lowest BCUT2D eigenvalue weighted by molar-refractivity contribution is 0.0240. The zero-order valence-electron chi connectivity index (χ0n) is 21.2. The molecule has 0 spiro atoms. The first-order chi connectivity index (χ1) is 17.6. The molecule has 4 aromatic rings. The van der Waals surface area contributed by atoms with Crippen LogP contribution in [0.2, 0.25) is 0 Å². The molecule has 0 saturated carbocycles. The molecule has 0 unspecified atom stereocenters. The van der Waals surface area contributed by atoms with E-state index in [1.54, 1.807) is 47.6 Å². The summed E-state index contributed by atoms with van der Waals surface area (Å²) in [6.45, 7) is 7.72. The van der Waals surface area contributed by atoms with E-state index in [9.17, 15) is 13.2 Å². The fraction of sp³-hybridized carbons (Fsp3) is 0.286. The molecule has 1 aliphatic rings. The predicted octanol–water partition coefficient (Wildman–Crippen LogP) is 5.00. The molecule has 1 saturated heterocycles. The molecular weight excluding hydrogens is 488 g/mol. The van der Waals surface area contributed by atoms with Crippen molar-refractivity contribution in [1.82, 2.24) is 13.9 Å². The highest BCUT2D eigenvalue weighted by Gasteiger charge is 2.29. The summed E-state index contributed by atoms with van der Waals surface area (Å²) < 4.78 is 33.7. The monoisotopic (exact) mass is 518 g/mol. The number of amides is 1. The summed E-state index contributed by atoms with van der Waals surface area (Å²) in [5, 5.41) is 0.742. The minimum atomic E-state index is -3.82. The minimum Gasteiger partial charge on any atom is -0.444 e. The van der Waals surface area contributed by atoms with Crippen molar-refractivity contribution in [2.75, 3.05) is 31.1 Å². The quantitative estimate of drug-likeness (QED) is 0.378. The molecule has 0 radical (unpaired) electrons. The molecular formula is C28H30N4O4S. The second-order valence-corrected chi connectivity index (χ2v) is 11.8. The number of carbonyl (C=O) groups excluding carboxylic acids is 1. The molecule has 0 bridgehead atoms. The highest BCUT2D eigenvalue weighted by molar-refractivity contribution is 7.90. The van der Waals surface area contributed by atoms with Crippen LogP contribution in [0.4, 0.5) is 10.5 Å². The number of rotatable bonds is 4. The zero-order chi connectivity index (χ0) is 26.2. The average Bonchev–Trinajstić information content (AvgIpc) is 3.33. The number of pyridine rings is 1. The summed E-state index contributed by atoms with van der Waals surface area (Å²) >= 11 is 0. The van der Waals surface area contributed by atoms with Crippen molar-refractivity contribution in [2.45, 2.75) is 31.3 Å². The number of fused-ring (bicyclic) bond motifs is 1. The molecule has 2 aromatic heterocycles. The van der Waals surface area contributed by atoms with E-state index in [1.165, 1.54) is 3.97 Å². The Bertz CT molecular complexity index is 1520. The summed E-state index contributed by atoms with van der Waals surface area (Å²) in [5.41, 5.74) is 2.61. The van der Waals surface area contributed by atoms with Gasteiger partial charge in [-0.2, -0.15) is 0 Å². The van der Waals surface area contributed by atoms with Crippen molar-refractivity contribution in [3.8, 4) is 11.1 Å². The van der Waals surface area contributed by atoms with E-state index in [0.29, 0.717) is 31.8 Å². The Morgan fingerprint density at radius 1 is 0.892 bits per heavy atom. The highest BCUT2D eigenvalue weighted by atomic mass is 32.2. The van der Waals surface area contributed by atoms with Crippen LogP contribution in [0.25, 0.3) is 22.2 Å². The Balaban J connectivity index is 1.56. The van der Waals surface area contributed by atoms with Gasteiger partial charge in [0.25, 0.3) is 10.0 Å². The second kappa shape index (κ2) is 9.55. The van der Waals surface area contributed by atoms with E-state index in [0.717, 1.165) is 22.2 Å². The largest absolute Gasteiger partial charge is 0.444 e. The van der Waals surface area contributed by atoms with Crippen molar-refractivity contribution in [3.05, 3.63) is 79.1 Å². The van der Waals surface area contributed by atoms with E-state index >= 15 is 0 Å². The Kier molecular flexibility index (Phi) is 6.41. The van der Waals surface area contributed by atoms with Crippen molar-refractivity contribution >= 4 is 32.8 Å². The lowest BCUT2D eigenvalue weighted by Crippen LogP contribution is -2.50. The zero-order valence-corrected chi connectivity index (χ0v) is 22.0. The lowest BCUT2D eigenvalue weighted by atomic mass is 10.0. The van der Waals surface area contributed by atoms with Crippen molar-refractivity contribution < 1.29 is 17.9 Å². The predicted molar refractivity (Wildman–Crippen MR) is 144 cm³/mol. The highest BCUT2D eigenvalue weighted by Crippen LogP contribution is 2.38. The summed E-state index contributed by atoms with van der Waals surface area (Å²) in [6.07, 6.45) is 2.98. The third kappa shape index (κ3) is 4.91. The van der Waals surface area contributed by atoms with Gasteiger partial charge in [-0.15, -0.1) is 0 Å². The smallest absolute Gasteiger partial charge is 0.410 e. The fourth-order valence-corrected chi connectivity index (χ4v) is 5.88. The number of piperazine rings is 1. The van der Waals surface area contributed by atoms with Crippen LogP contribution in [0, 0.1) is 0 Å². The van der Waals surface area contributed by atoms with Gasteiger partial charge in [0.05, 0.1) is 10.6 Å². The first-order valence-electron chi connectivity index (χ1n) is 12.2. The maximum absolute atomic E-state index is 13.4. The van der Waals surface area contributed by atoms with Crippen molar-refractivity contribution in [2.24, 2.45) is 0 Å². The maximum atomic E-state index is 13.4. The molecule has 3 heterocycles. The molecule has 1 amide bonds. The Hall–Kier alpha value is -3.85. The molecule has 2 aromatic carbocycles. The number of aromatic nitrogens is 2. The van der Waals surface area contributed by atoms with Crippen LogP contribution in [0.15, 0.2) is 84.0 Å². The van der Waals surface area contributed by atoms with Crippen molar-refractivity contribution in [1.29, 1.82) is 0 Å². The van der Waals surface area contributed by atoms with E-state index in [-0.39, 0.29) is 11.0 Å². The van der Waals surface area contributed by atoms with Crippen LogP contribution >= 0.6 is 0 Å². The third-order valence-electron chi connectivity index (χ3n) is 6.28. The molecule has 0 atom stereocenters. The second-order valence-electron chi connectivity index (χ2n) is 10.0. The standard InChI is InChI=1S/C28H30N4O4S/c1-28(2,3)36-27(33)31-18-16-30(17-19-31)25-23-14-15-32(37(34,35)22-12-8-5-9-13-22)26(23)29-20-24(25)21-10-6-4-7-11-21/h4-15,20H,16-19H2,1-3H3. The van der Waals surface area contributed by atoms with Gasteiger partial charge in [-0.05, 0) is 44.5 Å². The lowest BCUT2D eigenvalue weighted by Gasteiger charge is -2.37. The molecule has 0 aliphatic carbocycles. The number of benzene rings is 2. The van der Waals surface area contributed by atoms with Gasteiger partial charge in [-0.1, -0.05) is 48.5 Å². The topological polar surface area (TPSA) is 84.7 Å². The molecule has 1 aliphatic heterocycles. The van der Waals surface area contributed by atoms with Crippen LogP contribution in [-0.4, -0.2) is 60.1 Å². The molecule has 37 heavy (non-hydrogen) atoms. The maximum Gasteiger partial charge on any atom is 0.410 e. The van der Waals surface area contributed by atoms with Gasteiger partial charge in [0.2, 0.25) is 0 Å². The first kappa shape index (κ1) is 24.8. The Morgan fingerprint density at radius 2 is 1.51 bits per heavy atom. The van der Waals surface area contributed by atoms with Crippen LogP contribution in [0.5, 0.6) is 0 Å². The van der Waals surface area contributed by atoms with E-state index in [2.05, 4.69) is 9.88 Å². The normalized spacial score (nSPS) is 14.7. The molecule has 8 nitrogen and oxygen atoms in total. The summed E-state index contributed by atoms with van der Waals surface area (Å²) in [7, 11) is -3.82. The molecule has 0 N–H and O–H groups in total. The van der Waals surface area contributed by atoms with Gasteiger partial charge in [0, 0.05) is 49.5 Å². The fourth-order valence-electron chi connectivity index (χ4n) is 4.56. The first-order valence-corrected chi connectivity index (χ1v) is 13.7. The van der Waals surface area contributed by atoms with Gasteiger partial charge in [-0.3, -0.25) is 0 Å². The van der Waals surface area contributed by atoms with Crippen LogP contribution in [-0.2, 0) is 14.8 Å². The molecule has 192 valence electrons. The Morgan fingerprint density at radius 3 is 2.14 bits per heavy atom. The van der Waals surface area contributed by atoms with Crippen LogP contribution in [0.1, 0.15) is 20.8 Å². The molecule has 5 rings (SSSR count). The Labute approximate surface area is 217 Å². The number of ether oxygens (including phenoxy) is 1. The summed E-state index contributed by atoms with van der Waals surface area (Å²) in [4.78, 5) is 21.4. The summed E-state index contributed by atoms with van der Waals surface area (Å²) in [5.74, 6) is 0. The molecule has 9 heteroatoms. The van der Waals surface area contributed by atoms with Gasteiger partial charge in [0.15, 0.2) is 5.65 Å². The summed E-state index contributed by atoms with van der Waals surface area (Å²) in [6, 6.07) is 20.1. The molecule has 1 fully saturated rings. The van der Waals surface area contributed by atoms with Crippen LogP contribution in [0.3, 0.4) is 0 Å². The minimum absolute atomic E-state index is 0.203. The van der Waals surface area contributed by atoms with Gasteiger partial charge in [0.1, 0.15) is 5.60 Å². The van der Waals surface area contributed by atoms with Gasteiger partial charge in [-0.25, -0.2) is 22.2 Å². The number of anilines is 1. The van der Waals surface area contributed by atoms with E-state index in [1.807, 2.05) is 57.2 Å². The van der Waals surface area contributed by atoms with Crippen LogP contribution < -0.4 is 4.90 Å².